The number of carboxylic acid groups (broad SMARTS) is 5. The van der Waals surface area contributed by atoms with Crippen molar-refractivity contribution in [1.82, 2.24) is 0 Å². The van der Waals surface area contributed by atoms with Gasteiger partial charge in [0.2, 0.25) is 0 Å². The van der Waals surface area contributed by atoms with Gasteiger partial charge in [0.25, 0.3) is 0 Å². The molecule has 0 bridgehead atoms. The van der Waals surface area contributed by atoms with E-state index in [0.29, 0.717) is 19.3 Å². The fraction of sp³-hybridized carbons (Fsp3) is 0.944. The van der Waals surface area contributed by atoms with Crippen molar-refractivity contribution in [1.29, 1.82) is 0 Å². The maximum Gasteiger partial charge on any atom is 2.00 e. The number of hydrogen-bond acceptors (Lipinski definition) is 7. The molecule has 0 aromatic carbocycles. The van der Waals surface area contributed by atoms with Gasteiger partial charge in [0.15, 0.2) is 0 Å². The minimum Gasteiger partial charge on any atom is -0.550 e. The predicted molar refractivity (Wildman–Crippen MR) is 436 cm³/mol. The average molecular weight is 1440 g/mol. The summed E-state index contributed by atoms with van der Waals surface area (Å²) in [5.74, 6) is -3.77. The molecular formula is C90H178MgO10. The summed E-state index contributed by atoms with van der Waals surface area (Å²) in [5.41, 5.74) is 0. The second-order valence-electron chi connectivity index (χ2n) is 30.4. The van der Waals surface area contributed by atoms with Crippen LogP contribution in [-0.2, 0) is 24.0 Å². The van der Waals surface area contributed by atoms with Crippen molar-refractivity contribution in [3.05, 3.63) is 0 Å². The van der Waals surface area contributed by atoms with Crippen LogP contribution in [0.25, 0.3) is 0 Å². The summed E-state index contributed by atoms with van der Waals surface area (Å²) >= 11 is 0. The van der Waals surface area contributed by atoms with Crippen LogP contribution in [0.5, 0.6) is 0 Å². The van der Waals surface area contributed by atoms with Crippen molar-refractivity contribution in [2.24, 2.45) is 0 Å². The number of carbonyl (C=O) groups is 5. The first-order valence-corrected chi connectivity index (χ1v) is 44.9. The van der Waals surface area contributed by atoms with Crippen molar-refractivity contribution in [3.8, 4) is 0 Å². The second kappa shape index (κ2) is 107. The number of unbranched alkanes of at least 4 members (excludes halogenated alkanes) is 70. The Labute approximate surface area is 646 Å². The fourth-order valence-electron chi connectivity index (χ4n) is 13.2. The molecule has 0 aliphatic rings. The van der Waals surface area contributed by atoms with Gasteiger partial charge in [-0.2, -0.15) is 0 Å². The van der Waals surface area contributed by atoms with Crippen molar-refractivity contribution in [2.75, 3.05) is 0 Å². The van der Waals surface area contributed by atoms with E-state index in [1.807, 2.05) is 0 Å². The van der Waals surface area contributed by atoms with Crippen LogP contribution in [0.3, 0.4) is 0 Å². The Morgan fingerprint density at radius 2 is 0.238 bits per heavy atom. The predicted octanol–water partition coefficient (Wildman–Crippen LogP) is 28.6. The Hall–Kier alpha value is -1.88. The molecule has 10 nitrogen and oxygen atoms in total. The van der Waals surface area contributed by atoms with Gasteiger partial charge in [-0.3, -0.25) is 14.4 Å². The fourth-order valence-corrected chi connectivity index (χ4v) is 13.2. The summed E-state index contributed by atoms with van der Waals surface area (Å²) in [7, 11) is 0. The van der Waals surface area contributed by atoms with Crippen LogP contribution in [-0.4, -0.2) is 68.2 Å². The van der Waals surface area contributed by atoms with Gasteiger partial charge in [-0.1, -0.05) is 484 Å². The molecule has 0 fully saturated rings. The van der Waals surface area contributed by atoms with Gasteiger partial charge in [0.05, 0.1) is 0 Å². The van der Waals surface area contributed by atoms with Crippen molar-refractivity contribution < 1.29 is 49.5 Å². The number of hydrogen-bond donors (Lipinski definition) is 3. The zero-order chi connectivity index (χ0) is 74.5. The van der Waals surface area contributed by atoms with E-state index in [0.717, 1.165) is 64.2 Å². The molecule has 600 valence electrons. The van der Waals surface area contributed by atoms with E-state index < -0.39 is 29.8 Å². The normalized spacial score (nSPS) is 10.7. The third kappa shape index (κ3) is 131. The molecule has 0 unspecified atom stereocenters. The van der Waals surface area contributed by atoms with Gasteiger partial charge >= 0.3 is 41.0 Å². The molecule has 11 heteroatoms. The molecule has 101 heavy (non-hydrogen) atoms. The van der Waals surface area contributed by atoms with Gasteiger partial charge in [0, 0.05) is 31.2 Å². The molecule has 0 spiro atoms. The van der Waals surface area contributed by atoms with E-state index >= 15 is 0 Å². The van der Waals surface area contributed by atoms with E-state index in [9.17, 15) is 34.2 Å². The van der Waals surface area contributed by atoms with Crippen LogP contribution in [0.15, 0.2) is 0 Å². The summed E-state index contributed by atoms with van der Waals surface area (Å²) in [6.07, 6.45) is 100. The molecule has 0 heterocycles. The smallest absolute Gasteiger partial charge is 0.550 e. The summed E-state index contributed by atoms with van der Waals surface area (Å²) in [4.78, 5) is 51.4. The molecule has 0 radical (unpaired) electrons. The minimum atomic E-state index is -0.903. The van der Waals surface area contributed by atoms with E-state index in [-0.39, 0.29) is 35.9 Å². The number of carbonyl (C=O) groups excluding carboxylic acids is 2. The first kappa shape index (κ1) is 110. The third-order valence-corrected chi connectivity index (χ3v) is 20.0. The molecule has 0 saturated carbocycles. The standard InChI is InChI=1S/5C18H36O2.Mg/c5*1-2-3-4-5-6-7-8-9-10-11-12-13-14-15-16-17-18(19)20;/h5*2-17H2,1H3,(H,19,20);/q;;;;;+2/p-2. The van der Waals surface area contributed by atoms with Crippen LogP contribution in [0, 0.1) is 0 Å². The van der Waals surface area contributed by atoms with E-state index in [2.05, 4.69) is 34.6 Å². The summed E-state index contributed by atoms with van der Waals surface area (Å²) in [5, 5.41) is 46.0. The van der Waals surface area contributed by atoms with E-state index in [1.165, 1.54) is 417 Å². The summed E-state index contributed by atoms with van der Waals surface area (Å²) < 4.78 is 0. The first-order chi connectivity index (χ1) is 48.9. The molecule has 0 saturated heterocycles. The van der Waals surface area contributed by atoms with Gasteiger partial charge in [-0.15, -0.1) is 0 Å². The Balaban J connectivity index is -0.000000279. The molecule has 0 aliphatic heterocycles. The monoisotopic (exact) mass is 1440 g/mol. The van der Waals surface area contributed by atoms with Crippen LogP contribution < -0.4 is 10.2 Å². The summed E-state index contributed by atoms with van der Waals surface area (Å²) in [6.45, 7) is 11.3. The topological polar surface area (TPSA) is 192 Å². The van der Waals surface area contributed by atoms with Crippen LogP contribution in [0.1, 0.15) is 548 Å². The number of aliphatic carboxylic acids is 5. The summed E-state index contributed by atoms with van der Waals surface area (Å²) in [6, 6.07) is 0. The quantitative estimate of drug-likeness (QED) is 0.0390. The van der Waals surface area contributed by atoms with Crippen LogP contribution in [0.4, 0.5) is 0 Å². The van der Waals surface area contributed by atoms with E-state index in [4.69, 9.17) is 15.3 Å². The molecule has 0 aromatic rings. The molecule has 0 amide bonds. The van der Waals surface area contributed by atoms with Gasteiger partial charge < -0.3 is 35.1 Å². The number of carboxylic acids is 5. The SMILES string of the molecule is CCCCCCCCCCCCCCCCCC(=O)O.CCCCCCCCCCCCCCCCCC(=O)O.CCCCCCCCCCCCCCCCCC(=O)O.CCCCCCCCCCCCCCCCCC(=O)[O-].CCCCCCCCCCCCCCCCCC(=O)[O-].[Mg+2]. The minimum absolute atomic E-state index is 0. The largest absolute Gasteiger partial charge is 2.00 e. The van der Waals surface area contributed by atoms with Crippen molar-refractivity contribution >= 4 is 52.9 Å². The molecule has 0 atom stereocenters. The van der Waals surface area contributed by atoms with Crippen LogP contribution >= 0.6 is 0 Å². The third-order valence-electron chi connectivity index (χ3n) is 20.0. The maximum absolute atomic E-state index is 10.3. The first-order valence-electron chi connectivity index (χ1n) is 44.9. The number of rotatable bonds is 80. The zero-order valence-corrected chi connectivity index (χ0v) is 70.4. The second-order valence-corrected chi connectivity index (χ2v) is 30.4. The molecule has 0 aromatic heterocycles. The van der Waals surface area contributed by atoms with Gasteiger partial charge in [0.1, 0.15) is 0 Å². The maximum atomic E-state index is 10.3. The Bertz CT molecular complexity index is 1270. The van der Waals surface area contributed by atoms with Crippen molar-refractivity contribution in [3.63, 3.8) is 0 Å². The Kier molecular flexibility index (Phi) is 116. The van der Waals surface area contributed by atoms with Gasteiger partial charge in [-0.25, -0.2) is 0 Å². The van der Waals surface area contributed by atoms with Crippen molar-refractivity contribution in [2.45, 2.75) is 548 Å². The van der Waals surface area contributed by atoms with Gasteiger partial charge in [-0.05, 0) is 44.9 Å². The molecule has 0 rings (SSSR count). The Morgan fingerprint density at radius 3 is 0.317 bits per heavy atom. The molecule has 3 N–H and O–H groups in total. The van der Waals surface area contributed by atoms with Crippen LogP contribution in [0.2, 0.25) is 0 Å². The zero-order valence-electron chi connectivity index (χ0n) is 69.0. The Morgan fingerprint density at radius 1 is 0.158 bits per heavy atom. The molecule has 0 aliphatic carbocycles. The average Bonchev–Trinajstić information content (AvgIpc) is 3.67. The molecular weight excluding hydrogens is 1270 g/mol. The van der Waals surface area contributed by atoms with E-state index in [1.54, 1.807) is 0 Å².